The lowest BCUT2D eigenvalue weighted by Gasteiger charge is -2.36. The molecule has 2 aliphatic rings. The van der Waals surface area contributed by atoms with Crippen LogP contribution in [-0.2, 0) is 9.59 Å². The Morgan fingerprint density at radius 3 is 2.47 bits per heavy atom. The largest absolute Gasteiger partial charge is 0.507 e. The van der Waals surface area contributed by atoms with Crippen LogP contribution in [0.4, 0.5) is 11.4 Å². The highest BCUT2D eigenvalue weighted by Gasteiger charge is 2.55. The van der Waals surface area contributed by atoms with Crippen LogP contribution in [0.15, 0.2) is 71.9 Å². The summed E-state index contributed by atoms with van der Waals surface area (Å²) in [7, 11) is 0. The summed E-state index contributed by atoms with van der Waals surface area (Å²) >= 11 is 0. The summed E-state index contributed by atoms with van der Waals surface area (Å²) in [5.41, 5.74) is 5.29. The summed E-state index contributed by atoms with van der Waals surface area (Å²) in [6, 6.07) is 14.8. The zero-order chi connectivity index (χ0) is 32.4. The molecule has 1 fully saturated rings. The van der Waals surface area contributed by atoms with Crippen LogP contribution < -0.4 is 4.90 Å². The van der Waals surface area contributed by atoms with Crippen LogP contribution in [0.3, 0.4) is 0 Å². The topological polar surface area (TPSA) is 154 Å². The molecular weight excluding hydrogens is 574 g/mol. The number of aliphatic hydroxyl groups excluding tert-OH is 2. The Morgan fingerprint density at radius 1 is 1.11 bits per heavy atom. The fourth-order valence-electron chi connectivity index (χ4n) is 6.85. The Kier molecular flexibility index (Phi) is 9.27. The van der Waals surface area contributed by atoms with Gasteiger partial charge in [0.25, 0.3) is 5.69 Å². The van der Waals surface area contributed by atoms with Crippen LogP contribution in [0.5, 0.6) is 5.75 Å². The number of aromatic hydroxyl groups is 1. The Bertz CT molecular complexity index is 1680. The maximum atomic E-state index is 13.8. The van der Waals surface area contributed by atoms with Gasteiger partial charge in [0, 0.05) is 24.2 Å². The molecule has 2 heterocycles. The third-order valence-corrected chi connectivity index (χ3v) is 9.00. The number of rotatable bonds is 10. The van der Waals surface area contributed by atoms with E-state index in [1.807, 2.05) is 57.2 Å². The summed E-state index contributed by atoms with van der Waals surface area (Å²) < 4.78 is 0. The van der Waals surface area contributed by atoms with Crippen molar-refractivity contribution in [2.45, 2.75) is 52.6 Å². The lowest BCUT2D eigenvalue weighted by Crippen LogP contribution is -2.39. The number of aliphatic hydroxyl groups is 2. The molecule has 1 aliphatic carbocycles. The molecule has 0 saturated carbocycles. The molecular formula is C35H37N3O7. The smallest absolute Gasteiger partial charge is 0.271 e. The van der Waals surface area contributed by atoms with Gasteiger partial charge in [-0.15, -0.1) is 0 Å². The average molecular weight is 612 g/mol. The molecule has 10 nitrogen and oxygen atoms in total. The number of carbonyl (C=O) groups is 2. The summed E-state index contributed by atoms with van der Waals surface area (Å²) in [5, 5.41) is 43.9. The first-order chi connectivity index (χ1) is 21.5. The molecule has 234 valence electrons. The molecule has 0 spiro atoms. The number of aromatic nitrogens is 1. The fraction of sp³-hybridized carbons (Fsp3) is 0.343. The highest BCUT2D eigenvalue weighted by molar-refractivity contribution is 6.22. The third-order valence-electron chi connectivity index (χ3n) is 9.00. The predicted molar refractivity (Wildman–Crippen MR) is 170 cm³/mol. The highest BCUT2D eigenvalue weighted by Crippen LogP contribution is 2.48. The van der Waals surface area contributed by atoms with Gasteiger partial charge in [0.15, 0.2) is 0 Å². The van der Waals surface area contributed by atoms with Crippen molar-refractivity contribution in [2.24, 2.45) is 17.8 Å². The Labute approximate surface area is 261 Å². The van der Waals surface area contributed by atoms with E-state index in [0.29, 0.717) is 18.4 Å². The van der Waals surface area contributed by atoms with Gasteiger partial charge < -0.3 is 15.3 Å². The van der Waals surface area contributed by atoms with Gasteiger partial charge in [-0.1, -0.05) is 24.6 Å². The number of fused-ring (bicyclic) bond motifs is 1. The number of imide groups is 1. The van der Waals surface area contributed by atoms with E-state index in [4.69, 9.17) is 0 Å². The highest BCUT2D eigenvalue weighted by atomic mass is 16.6. The molecule has 0 radical (unpaired) electrons. The maximum absolute atomic E-state index is 13.8. The fourth-order valence-corrected chi connectivity index (χ4v) is 6.85. The Morgan fingerprint density at radius 2 is 1.84 bits per heavy atom. The average Bonchev–Trinajstić information content (AvgIpc) is 3.29. The van der Waals surface area contributed by atoms with Crippen LogP contribution in [0.25, 0.3) is 11.6 Å². The number of allylic oxidation sites excluding steroid dienone is 2. The Balaban J connectivity index is 1.44. The van der Waals surface area contributed by atoms with Crippen molar-refractivity contribution in [1.82, 2.24) is 4.98 Å². The standard InChI is InChI=1S/C35H37N3O7/c1-4-23-17-27-32(35(43)37(34(27)42)25-8-7-9-26(18-25)38(44)45)28(19-39)31(23)30(40)12-11-24(29-10-5-6-13-36-29)16-22-14-20(2)33(41)21(3)15-22/h5-10,13-16,18,27-28,30,32,39-41H,4,11-12,17,19H2,1-3H3/b24-16-/t27-,28+,30-,32-/m1/s1. The van der Waals surface area contributed by atoms with Gasteiger partial charge in [0.2, 0.25) is 11.8 Å². The van der Waals surface area contributed by atoms with Crippen molar-refractivity contribution in [3.8, 4) is 5.75 Å². The number of phenols is 1. The van der Waals surface area contributed by atoms with E-state index in [1.165, 1.54) is 24.3 Å². The number of benzene rings is 2. The number of amides is 2. The summed E-state index contributed by atoms with van der Waals surface area (Å²) in [4.78, 5) is 43.7. The molecule has 2 aromatic carbocycles. The second kappa shape index (κ2) is 13.1. The SMILES string of the molecule is CCC1=C([C@H](O)CC/C(=C/c2cc(C)c(O)c(C)c2)c2ccccn2)[C@H](CO)[C@@H]2C(=O)N(c3cccc([N+](=O)[O-])c3)C(=O)[C@@H]2C1. The van der Waals surface area contributed by atoms with Gasteiger partial charge in [-0.05, 0) is 104 Å². The number of anilines is 1. The minimum atomic E-state index is -0.997. The predicted octanol–water partition coefficient (Wildman–Crippen LogP) is 5.52. The van der Waals surface area contributed by atoms with Crippen LogP contribution in [0, 0.1) is 41.7 Å². The molecule has 1 aliphatic heterocycles. The first-order valence-electron chi connectivity index (χ1n) is 15.1. The molecule has 0 bridgehead atoms. The van der Waals surface area contributed by atoms with E-state index in [-0.39, 0.29) is 30.0 Å². The van der Waals surface area contributed by atoms with Gasteiger partial charge in [0.05, 0.1) is 40.9 Å². The van der Waals surface area contributed by atoms with Gasteiger partial charge >= 0.3 is 0 Å². The lowest BCUT2D eigenvalue weighted by molar-refractivity contribution is -0.384. The van der Waals surface area contributed by atoms with Crippen molar-refractivity contribution >= 4 is 34.8 Å². The molecule has 3 N–H and O–H groups in total. The monoisotopic (exact) mass is 611 g/mol. The number of nitrogens with zero attached hydrogens (tertiary/aromatic N) is 3. The molecule has 45 heavy (non-hydrogen) atoms. The first-order valence-corrected chi connectivity index (χ1v) is 15.1. The lowest BCUT2D eigenvalue weighted by atomic mass is 9.67. The molecule has 2 amide bonds. The second-order valence-electron chi connectivity index (χ2n) is 11.8. The number of hydrogen-bond acceptors (Lipinski definition) is 8. The normalized spacial score (nSPS) is 20.9. The number of non-ortho nitro benzene ring substituents is 1. The summed E-state index contributed by atoms with van der Waals surface area (Å²) in [5.74, 6) is -3.14. The van der Waals surface area contributed by atoms with Crippen LogP contribution in [-0.4, -0.2) is 49.8 Å². The van der Waals surface area contributed by atoms with Gasteiger partial charge in [-0.2, -0.15) is 0 Å². The number of carbonyl (C=O) groups excluding carboxylic acids is 2. The van der Waals surface area contributed by atoms with Crippen molar-refractivity contribution in [1.29, 1.82) is 0 Å². The van der Waals surface area contributed by atoms with Gasteiger partial charge in [0.1, 0.15) is 5.75 Å². The zero-order valence-electron chi connectivity index (χ0n) is 25.5. The van der Waals surface area contributed by atoms with E-state index in [9.17, 15) is 35.0 Å². The van der Waals surface area contributed by atoms with Crippen molar-refractivity contribution in [3.63, 3.8) is 0 Å². The number of hydrogen-bond donors (Lipinski definition) is 3. The number of aryl methyl sites for hydroxylation is 2. The van der Waals surface area contributed by atoms with Crippen molar-refractivity contribution < 1.29 is 29.8 Å². The van der Waals surface area contributed by atoms with Crippen LogP contribution in [0.2, 0.25) is 0 Å². The summed E-state index contributed by atoms with van der Waals surface area (Å²) in [6.07, 6.45) is 4.18. The van der Waals surface area contributed by atoms with E-state index < -0.39 is 47.2 Å². The second-order valence-corrected chi connectivity index (χ2v) is 11.8. The first kappa shape index (κ1) is 31.7. The number of nitro benzene ring substituents is 1. The van der Waals surface area contributed by atoms with E-state index in [1.54, 1.807) is 6.20 Å². The molecule has 1 saturated heterocycles. The molecule has 10 heteroatoms. The Hall–Kier alpha value is -4.67. The third kappa shape index (κ3) is 6.16. The molecule has 0 unspecified atom stereocenters. The van der Waals surface area contributed by atoms with E-state index in [0.717, 1.165) is 38.4 Å². The number of phenolic OH excluding ortho intramolecular Hbond substituents is 1. The van der Waals surface area contributed by atoms with E-state index >= 15 is 0 Å². The van der Waals surface area contributed by atoms with Gasteiger partial charge in [-0.3, -0.25) is 24.7 Å². The minimum Gasteiger partial charge on any atom is -0.507 e. The van der Waals surface area contributed by atoms with Crippen LogP contribution >= 0.6 is 0 Å². The molecule has 5 rings (SSSR count). The van der Waals surface area contributed by atoms with Crippen molar-refractivity contribution in [3.05, 3.63) is 104 Å². The van der Waals surface area contributed by atoms with Gasteiger partial charge in [-0.25, -0.2) is 4.90 Å². The molecule has 1 aromatic heterocycles. The maximum Gasteiger partial charge on any atom is 0.271 e. The quantitative estimate of drug-likeness (QED) is 0.117. The summed E-state index contributed by atoms with van der Waals surface area (Å²) in [6.45, 7) is 5.16. The van der Waals surface area contributed by atoms with E-state index in [2.05, 4.69) is 4.98 Å². The zero-order valence-corrected chi connectivity index (χ0v) is 25.5. The number of pyridine rings is 1. The van der Waals surface area contributed by atoms with Crippen LogP contribution in [0.1, 0.15) is 55.0 Å². The molecule has 4 atom stereocenters. The minimum absolute atomic E-state index is 0.121. The molecule has 3 aromatic rings. The number of nitro groups is 1. The van der Waals surface area contributed by atoms with Crippen molar-refractivity contribution in [2.75, 3.05) is 11.5 Å².